The van der Waals surface area contributed by atoms with Crippen molar-refractivity contribution in [1.29, 1.82) is 5.26 Å². The molecule has 1 fully saturated rings. The molecule has 0 heterocycles. The Bertz CT molecular complexity index is 1190. The van der Waals surface area contributed by atoms with E-state index in [0.717, 1.165) is 41.2 Å². The van der Waals surface area contributed by atoms with Gasteiger partial charge in [0, 0.05) is 12.1 Å². The Balaban J connectivity index is 1.64. The third-order valence-corrected chi connectivity index (χ3v) is 6.11. The number of aliphatic carboxylic acids is 1. The second kappa shape index (κ2) is 9.65. The Morgan fingerprint density at radius 3 is 2.62 bits per heavy atom. The fourth-order valence-electron chi connectivity index (χ4n) is 4.25. The van der Waals surface area contributed by atoms with E-state index in [0.29, 0.717) is 30.0 Å². The van der Waals surface area contributed by atoms with Crippen molar-refractivity contribution >= 4 is 28.3 Å². The maximum atomic E-state index is 13.6. The minimum Gasteiger partial charge on any atom is -0.481 e. The van der Waals surface area contributed by atoms with Crippen LogP contribution in [0, 0.1) is 17.2 Å². The van der Waals surface area contributed by atoms with Crippen LogP contribution in [0.25, 0.3) is 10.8 Å². The molecule has 32 heavy (non-hydrogen) atoms. The molecule has 0 radical (unpaired) electrons. The van der Waals surface area contributed by atoms with Crippen molar-refractivity contribution in [2.45, 2.75) is 44.4 Å². The largest absolute Gasteiger partial charge is 0.481 e. The van der Waals surface area contributed by atoms with Crippen molar-refractivity contribution in [3.8, 4) is 6.07 Å². The van der Waals surface area contributed by atoms with Crippen LogP contribution >= 0.6 is 0 Å². The zero-order valence-corrected chi connectivity index (χ0v) is 17.9. The molecule has 0 aliphatic heterocycles. The molecule has 2 N–H and O–H groups in total. The number of hydrogen-bond donors (Lipinski definition) is 2. The molecule has 5 nitrogen and oxygen atoms in total. The molecule has 1 aliphatic rings. The van der Waals surface area contributed by atoms with Crippen molar-refractivity contribution < 1.29 is 14.7 Å². The molecule has 0 bridgehead atoms. The first-order chi connectivity index (χ1) is 15.5. The van der Waals surface area contributed by atoms with Gasteiger partial charge in [0.05, 0.1) is 17.6 Å². The van der Waals surface area contributed by atoms with Crippen molar-refractivity contribution in [3.05, 3.63) is 77.4 Å². The van der Waals surface area contributed by atoms with Gasteiger partial charge in [0.15, 0.2) is 0 Å². The molecule has 0 aromatic heterocycles. The monoisotopic (exact) mass is 426 g/mol. The molecule has 3 aromatic rings. The number of carboxylic acids is 1. The van der Waals surface area contributed by atoms with Crippen molar-refractivity contribution in [2.75, 3.05) is 5.32 Å². The van der Waals surface area contributed by atoms with E-state index in [1.807, 2.05) is 30.3 Å². The first-order valence-electron chi connectivity index (χ1n) is 11.1. The predicted molar refractivity (Wildman–Crippen MR) is 124 cm³/mol. The summed E-state index contributed by atoms with van der Waals surface area (Å²) in [6, 6.07) is 21.5. The lowest BCUT2D eigenvalue weighted by molar-refractivity contribution is -0.137. The number of nitrogens with zero attached hydrogens (tertiary/aromatic N) is 1. The molecule has 1 atom stereocenters. The molecule has 1 amide bonds. The average Bonchev–Trinajstić information content (AvgIpc) is 3.62. The van der Waals surface area contributed by atoms with Crippen LogP contribution in [0.3, 0.4) is 0 Å². The third kappa shape index (κ3) is 5.15. The van der Waals surface area contributed by atoms with Gasteiger partial charge in [-0.2, -0.15) is 5.26 Å². The Hall–Kier alpha value is -3.65. The SMILES string of the molecule is N#Cc1ccc(CCCC(=O)O)c(NC(=O)C(CC2CC2)c2cccc3ccccc23)c1. The number of carbonyl (C=O) groups is 2. The fourth-order valence-corrected chi connectivity index (χ4v) is 4.25. The highest BCUT2D eigenvalue weighted by molar-refractivity contribution is 6.00. The number of aryl methyl sites for hydroxylation is 1. The highest BCUT2D eigenvalue weighted by Crippen LogP contribution is 2.41. The zero-order chi connectivity index (χ0) is 22.5. The Morgan fingerprint density at radius 2 is 1.88 bits per heavy atom. The molecule has 5 heteroatoms. The van der Waals surface area contributed by atoms with Gasteiger partial charge in [-0.15, -0.1) is 0 Å². The molecule has 0 spiro atoms. The lowest BCUT2D eigenvalue weighted by atomic mass is 9.88. The van der Waals surface area contributed by atoms with Crippen LogP contribution in [0.1, 0.15) is 54.7 Å². The van der Waals surface area contributed by atoms with Crippen LogP contribution < -0.4 is 5.32 Å². The van der Waals surface area contributed by atoms with Crippen molar-refractivity contribution in [2.24, 2.45) is 5.92 Å². The molecule has 1 unspecified atom stereocenters. The Labute approximate surface area is 187 Å². The van der Waals surface area contributed by atoms with E-state index in [4.69, 9.17) is 5.11 Å². The van der Waals surface area contributed by atoms with Crippen LogP contribution in [0.15, 0.2) is 60.7 Å². The van der Waals surface area contributed by atoms with E-state index < -0.39 is 5.97 Å². The summed E-state index contributed by atoms with van der Waals surface area (Å²) in [5.74, 6) is -0.649. The maximum Gasteiger partial charge on any atom is 0.303 e. The highest BCUT2D eigenvalue weighted by Gasteiger charge is 2.31. The summed E-state index contributed by atoms with van der Waals surface area (Å²) in [5, 5.41) is 23.6. The fraction of sp³-hybridized carbons (Fsp3) is 0.296. The van der Waals surface area contributed by atoms with E-state index in [1.165, 1.54) is 0 Å². The Morgan fingerprint density at radius 1 is 1.09 bits per heavy atom. The van der Waals surface area contributed by atoms with Crippen LogP contribution in [0.5, 0.6) is 0 Å². The molecule has 0 saturated heterocycles. The van der Waals surface area contributed by atoms with Gasteiger partial charge in [-0.05, 0) is 59.2 Å². The van der Waals surface area contributed by atoms with Crippen LogP contribution in [0.4, 0.5) is 5.69 Å². The smallest absolute Gasteiger partial charge is 0.303 e. The summed E-state index contributed by atoms with van der Waals surface area (Å²) in [6.07, 6.45) is 4.16. The summed E-state index contributed by atoms with van der Waals surface area (Å²) in [5.41, 5.74) is 2.93. The Kier molecular flexibility index (Phi) is 6.51. The van der Waals surface area contributed by atoms with Gasteiger partial charge in [-0.25, -0.2) is 0 Å². The molecular formula is C27H26N2O3. The molecule has 162 valence electrons. The van der Waals surface area contributed by atoms with E-state index in [-0.39, 0.29) is 18.2 Å². The van der Waals surface area contributed by atoms with Gasteiger partial charge >= 0.3 is 5.97 Å². The summed E-state index contributed by atoms with van der Waals surface area (Å²) >= 11 is 0. The lowest BCUT2D eigenvalue weighted by Gasteiger charge is -2.20. The second-order valence-electron chi connectivity index (χ2n) is 8.52. The molecule has 3 aromatic carbocycles. The minimum atomic E-state index is -0.843. The normalized spacial score (nSPS) is 14.0. The van der Waals surface area contributed by atoms with E-state index in [1.54, 1.807) is 12.1 Å². The van der Waals surface area contributed by atoms with Gasteiger partial charge in [0.2, 0.25) is 5.91 Å². The van der Waals surface area contributed by atoms with Crippen molar-refractivity contribution in [1.82, 2.24) is 0 Å². The number of fused-ring (bicyclic) bond motifs is 1. The summed E-state index contributed by atoms with van der Waals surface area (Å²) in [7, 11) is 0. The van der Waals surface area contributed by atoms with Crippen LogP contribution in [0.2, 0.25) is 0 Å². The number of rotatable bonds is 9. The van der Waals surface area contributed by atoms with Gasteiger partial charge in [-0.1, -0.05) is 61.4 Å². The summed E-state index contributed by atoms with van der Waals surface area (Å²) < 4.78 is 0. The van der Waals surface area contributed by atoms with E-state index >= 15 is 0 Å². The number of carbonyl (C=O) groups excluding carboxylic acids is 1. The summed E-state index contributed by atoms with van der Waals surface area (Å²) in [4.78, 5) is 24.5. The minimum absolute atomic E-state index is 0.0632. The zero-order valence-electron chi connectivity index (χ0n) is 17.9. The average molecular weight is 427 g/mol. The van der Waals surface area contributed by atoms with Crippen LogP contribution in [-0.4, -0.2) is 17.0 Å². The van der Waals surface area contributed by atoms with Gasteiger partial charge in [0.1, 0.15) is 0 Å². The van der Waals surface area contributed by atoms with Crippen molar-refractivity contribution in [3.63, 3.8) is 0 Å². The van der Waals surface area contributed by atoms with Crippen LogP contribution in [-0.2, 0) is 16.0 Å². The number of hydrogen-bond acceptors (Lipinski definition) is 3. The number of amides is 1. The van der Waals surface area contributed by atoms with E-state index in [9.17, 15) is 14.9 Å². The first-order valence-corrected chi connectivity index (χ1v) is 11.1. The standard InChI is InChI=1S/C27H26N2O3/c28-17-19-13-14-21(7-4-10-26(30)31)25(16-19)29-27(32)24(15-18-11-12-18)23-9-3-6-20-5-1-2-8-22(20)23/h1-3,5-6,8-9,13-14,16,18,24H,4,7,10-12,15H2,(H,29,32)(H,30,31). The quantitative estimate of drug-likeness (QED) is 0.463. The molecular weight excluding hydrogens is 400 g/mol. The summed E-state index contributed by atoms with van der Waals surface area (Å²) in [6.45, 7) is 0. The van der Waals surface area contributed by atoms with Gasteiger partial charge < -0.3 is 10.4 Å². The molecule has 1 aliphatic carbocycles. The number of nitrogens with one attached hydrogen (secondary N) is 1. The number of carboxylic acid groups (broad SMARTS) is 1. The van der Waals surface area contributed by atoms with E-state index in [2.05, 4.69) is 29.6 Å². The first kappa shape index (κ1) is 21.6. The second-order valence-corrected chi connectivity index (χ2v) is 8.52. The third-order valence-electron chi connectivity index (χ3n) is 6.11. The van der Waals surface area contributed by atoms with Gasteiger partial charge in [-0.3, -0.25) is 9.59 Å². The maximum absolute atomic E-state index is 13.6. The molecule has 1 saturated carbocycles. The topological polar surface area (TPSA) is 90.2 Å². The number of benzene rings is 3. The molecule has 4 rings (SSSR count). The predicted octanol–water partition coefficient (Wildman–Crippen LogP) is 5.64. The highest BCUT2D eigenvalue weighted by atomic mass is 16.4. The number of nitriles is 1. The van der Waals surface area contributed by atoms with Gasteiger partial charge in [0.25, 0.3) is 0 Å². The number of anilines is 1. The lowest BCUT2D eigenvalue weighted by Crippen LogP contribution is -2.23.